The summed E-state index contributed by atoms with van der Waals surface area (Å²) in [6.45, 7) is 1.76. The van der Waals surface area contributed by atoms with Crippen molar-refractivity contribution >= 4 is 17.6 Å². The quantitative estimate of drug-likeness (QED) is 0.569. The number of halogens is 1. The van der Waals surface area contributed by atoms with Crippen molar-refractivity contribution in [2.24, 2.45) is 5.92 Å². The third-order valence-electron chi connectivity index (χ3n) is 2.13. The molecule has 0 saturated carbocycles. The molecule has 0 aliphatic heterocycles. The molecule has 0 aromatic heterocycles. The molecule has 0 radical (unpaired) electrons. The summed E-state index contributed by atoms with van der Waals surface area (Å²) in [5, 5.41) is -0.330. The number of hydrogen-bond donors (Lipinski definition) is 0. The average Bonchev–Trinajstić information content (AvgIpc) is 2.27. The molecular weight excluding hydrogens is 200 g/mol. The number of methoxy groups -OCH3 is 1. The van der Waals surface area contributed by atoms with Gasteiger partial charge >= 0.3 is 5.97 Å². The van der Waals surface area contributed by atoms with Gasteiger partial charge in [-0.3, -0.25) is 4.79 Å². The molecule has 1 aromatic rings. The van der Waals surface area contributed by atoms with Crippen LogP contribution in [0.5, 0.6) is 0 Å². The van der Waals surface area contributed by atoms with Crippen LogP contribution in [0.3, 0.4) is 0 Å². The first kappa shape index (κ1) is 11.1. The fourth-order valence-corrected chi connectivity index (χ4v) is 1.48. The fourth-order valence-electron chi connectivity index (χ4n) is 1.23. The Kier molecular flexibility index (Phi) is 3.96. The van der Waals surface area contributed by atoms with E-state index >= 15 is 0 Å². The van der Waals surface area contributed by atoms with Gasteiger partial charge in [-0.1, -0.05) is 37.3 Å². The Morgan fingerprint density at radius 2 is 1.93 bits per heavy atom. The third-order valence-corrected chi connectivity index (χ3v) is 2.76. The molecule has 0 bridgehead atoms. The van der Waals surface area contributed by atoms with Crippen LogP contribution in [0.2, 0.25) is 0 Å². The Balaban J connectivity index is 2.75. The third kappa shape index (κ3) is 2.48. The summed E-state index contributed by atoms with van der Waals surface area (Å²) < 4.78 is 4.63. The van der Waals surface area contributed by atoms with E-state index in [-0.39, 0.29) is 17.3 Å². The zero-order chi connectivity index (χ0) is 10.6. The molecule has 0 aliphatic carbocycles. The Hall–Kier alpha value is -1.02. The summed E-state index contributed by atoms with van der Waals surface area (Å²) in [7, 11) is 1.37. The molecule has 0 aliphatic rings. The molecule has 0 saturated heterocycles. The first-order valence-electron chi connectivity index (χ1n) is 4.43. The van der Waals surface area contributed by atoms with E-state index < -0.39 is 0 Å². The van der Waals surface area contributed by atoms with Crippen LogP contribution in [0.25, 0.3) is 0 Å². The normalized spacial score (nSPS) is 14.5. The van der Waals surface area contributed by atoms with E-state index in [0.29, 0.717) is 0 Å². The number of rotatable bonds is 3. The Morgan fingerprint density at radius 3 is 2.43 bits per heavy atom. The number of hydrogen-bond acceptors (Lipinski definition) is 2. The highest BCUT2D eigenvalue weighted by molar-refractivity contribution is 6.22. The minimum absolute atomic E-state index is 0.283. The van der Waals surface area contributed by atoms with E-state index in [1.54, 1.807) is 6.92 Å². The lowest BCUT2D eigenvalue weighted by Crippen LogP contribution is -2.17. The van der Waals surface area contributed by atoms with Gasteiger partial charge in [-0.15, -0.1) is 11.6 Å². The maximum Gasteiger partial charge on any atom is 0.310 e. The van der Waals surface area contributed by atoms with Crippen LogP contribution < -0.4 is 0 Å². The van der Waals surface area contributed by atoms with Crippen molar-refractivity contribution in [2.75, 3.05) is 7.11 Å². The second kappa shape index (κ2) is 5.01. The van der Waals surface area contributed by atoms with Gasteiger partial charge in [-0.25, -0.2) is 0 Å². The molecule has 0 amide bonds. The number of carbonyl (C=O) groups excluding carboxylic acids is 1. The van der Waals surface area contributed by atoms with Crippen molar-refractivity contribution in [3.8, 4) is 0 Å². The number of ether oxygens (including phenoxy) is 1. The predicted octanol–water partition coefficient (Wildman–Crippen LogP) is 2.78. The molecule has 0 unspecified atom stereocenters. The first-order chi connectivity index (χ1) is 6.66. The van der Waals surface area contributed by atoms with Gasteiger partial charge in [-0.05, 0) is 5.56 Å². The second-order valence-electron chi connectivity index (χ2n) is 3.12. The van der Waals surface area contributed by atoms with E-state index in [9.17, 15) is 4.79 Å². The minimum atomic E-state index is -0.330. The fraction of sp³-hybridized carbons (Fsp3) is 0.364. The first-order valence-corrected chi connectivity index (χ1v) is 4.87. The zero-order valence-corrected chi connectivity index (χ0v) is 8.99. The molecule has 2 atom stereocenters. The largest absolute Gasteiger partial charge is 0.469 e. The molecule has 1 rings (SSSR count). The van der Waals surface area contributed by atoms with Gasteiger partial charge in [-0.2, -0.15) is 0 Å². The standard InChI is InChI=1S/C11H13ClO2/c1-8(11(13)14-2)10(12)9-6-4-3-5-7-9/h3-8,10H,1-2H3/t8-,10+/m1/s1. The maximum absolute atomic E-state index is 11.2. The van der Waals surface area contributed by atoms with Gasteiger partial charge in [0.1, 0.15) is 0 Å². The molecule has 0 spiro atoms. The molecule has 0 N–H and O–H groups in total. The summed E-state index contributed by atoms with van der Waals surface area (Å²) >= 11 is 6.13. The average molecular weight is 213 g/mol. The van der Waals surface area contributed by atoms with Gasteiger partial charge in [0.2, 0.25) is 0 Å². The Bertz CT molecular complexity index is 297. The molecule has 3 heteroatoms. The maximum atomic E-state index is 11.2. The predicted molar refractivity (Wildman–Crippen MR) is 56.2 cm³/mol. The molecule has 76 valence electrons. The minimum Gasteiger partial charge on any atom is -0.469 e. The van der Waals surface area contributed by atoms with E-state index in [1.165, 1.54) is 7.11 Å². The number of benzene rings is 1. The lowest BCUT2D eigenvalue weighted by Gasteiger charge is -2.15. The highest BCUT2D eigenvalue weighted by Crippen LogP contribution is 2.29. The van der Waals surface area contributed by atoms with Crippen LogP contribution in [-0.2, 0) is 9.53 Å². The van der Waals surface area contributed by atoms with Crippen molar-refractivity contribution < 1.29 is 9.53 Å². The van der Waals surface area contributed by atoms with Crippen LogP contribution in [-0.4, -0.2) is 13.1 Å². The van der Waals surface area contributed by atoms with Crippen LogP contribution in [0.1, 0.15) is 17.9 Å². The van der Waals surface area contributed by atoms with E-state index in [1.807, 2.05) is 30.3 Å². The highest BCUT2D eigenvalue weighted by atomic mass is 35.5. The van der Waals surface area contributed by atoms with Crippen LogP contribution >= 0.6 is 11.6 Å². The summed E-state index contributed by atoms with van der Waals surface area (Å²) in [5.41, 5.74) is 0.937. The summed E-state index contributed by atoms with van der Waals surface area (Å²) in [5.74, 6) is -0.613. The Morgan fingerprint density at radius 1 is 1.36 bits per heavy atom. The number of esters is 1. The molecule has 0 fully saturated rings. The molecule has 14 heavy (non-hydrogen) atoms. The summed E-state index contributed by atoms with van der Waals surface area (Å²) in [6, 6.07) is 9.51. The van der Waals surface area contributed by atoms with Crippen molar-refractivity contribution in [1.82, 2.24) is 0 Å². The van der Waals surface area contributed by atoms with Crippen molar-refractivity contribution in [1.29, 1.82) is 0 Å². The van der Waals surface area contributed by atoms with Gasteiger partial charge in [0, 0.05) is 0 Å². The zero-order valence-electron chi connectivity index (χ0n) is 8.24. The van der Waals surface area contributed by atoms with Crippen LogP contribution in [0.4, 0.5) is 0 Å². The number of alkyl halides is 1. The molecular formula is C11H13ClO2. The smallest absolute Gasteiger partial charge is 0.310 e. The van der Waals surface area contributed by atoms with E-state index in [2.05, 4.69) is 4.74 Å². The molecule has 0 heterocycles. The SMILES string of the molecule is COC(=O)[C@H](C)[C@H](Cl)c1ccccc1. The van der Waals surface area contributed by atoms with E-state index in [0.717, 1.165) is 5.56 Å². The molecule has 1 aromatic carbocycles. The number of carbonyl (C=O) groups is 1. The van der Waals surface area contributed by atoms with Crippen LogP contribution in [0.15, 0.2) is 30.3 Å². The van der Waals surface area contributed by atoms with E-state index in [4.69, 9.17) is 11.6 Å². The topological polar surface area (TPSA) is 26.3 Å². The monoisotopic (exact) mass is 212 g/mol. The van der Waals surface area contributed by atoms with Crippen LogP contribution in [0, 0.1) is 5.92 Å². The van der Waals surface area contributed by atoms with Gasteiger partial charge < -0.3 is 4.74 Å². The Labute approximate surface area is 88.8 Å². The van der Waals surface area contributed by atoms with Gasteiger partial charge in [0.15, 0.2) is 0 Å². The van der Waals surface area contributed by atoms with Gasteiger partial charge in [0.05, 0.1) is 18.4 Å². The van der Waals surface area contributed by atoms with Crippen molar-refractivity contribution in [2.45, 2.75) is 12.3 Å². The van der Waals surface area contributed by atoms with Gasteiger partial charge in [0.25, 0.3) is 0 Å². The van der Waals surface area contributed by atoms with Crippen molar-refractivity contribution in [3.63, 3.8) is 0 Å². The highest BCUT2D eigenvalue weighted by Gasteiger charge is 2.23. The second-order valence-corrected chi connectivity index (χ2v) is 3.59. The lowest BCUT2D eigenvalue weighted by molar-refractivity contribution is -0.144. The summed E-state index contributed by atoms with van der Waals surface area (Å²) in [6.07, 6.45) is 0. The molecule has 2 nitrogen and oxygen atoms in total. The lowest BCUT2D eigenvalue weighted by atomic mass is 10.0. The van der Waals surface area contributed by atoms with Crippen molar-refractivity contribution in [3.05, 3.63) is 35.9 Å². The summed E-state index contributed by atoms with van der Waals surface area (Å²) in [4.78, 5) is 11.2.